The Bertz CT molecular complexity index is 603. The molecule has 0 unspecified atom stereocenters. The van der Waals surface area contributed by atoms with E-state index in [9.17, 15) is 26.3 Å². The number of aromatic amines is 1. The van der Waals surface area contributed by atoms with E-state index >= 15 is 0 Å². The van der Waals surface area contributed by atoms with Crippen molar-refractivity contribution in [2.24, 2.45) is 0 Å². The van der Waals surface area contributed by atoms with Crippen molar-refractivity contribution in [3.05, 3.63) is 47.2 Å². The Hall–Kier alpha value is -1.92. The summed E-state index contributed by atoms with van der Waals surface area (Å²) in [5.41, 5.74) is -1.95. The van der Waals surface area contributed by atoms with Crippen molar-refractivity contribution in [3.8, 4) is 11.3 Å². The van der Waals surface area contributed by atoms with Gasteiger partial charge in [0.05, 0.1) is 16.8 Å². The molecule has 20 heavy (non-hydrogen) atoms. The largest absolute Gasteiger partial charge is 0.418 e. The van der Waals surface area contributed by atoms with Gasteiger partial charge in [-0.1, -0.05) is 12.1 Å². The number of aromatic nitrogens is 1. The maximum atomic E-state index is 12.9. The molecule has 1 heterocycles. The van der Waals surface area contributed by atoms with Crippen LogP contribution in [0.2, 0.25) is 0 Å². The molecule has 1 aromatic carbocycles. The normalized spacial score (nSPS) is 12.8. The lowest BCUT2D eigenvalue weighted by Crippen LogP contribution is -2.08. The van der Waals surface area contributed by atoms with Gasteiger partial charge in [-0.05, 0) is 30.2 Å². The van der Waals surface area contributed by atoms with Gasteiger partial charge < -0.3 is 4.98 Å². The molecule has 0 saturated heterocycles. The number of aryl methyl sites for hydroxylation is 1. The Morgan fingerprint density at radius 3 is 1.85 bits per heavy atom. The summed E-state index contributed by atoms with van der Waals surface area (Å²) in [7, 11) is 0. The minimum atomic E-state index is -4.57. The van der Waals surface area contributed by atoms with Crippen molar-refractivity contribution < 1.29 is 26.3 Å². The second-order valence-corrected chi connectivity index (χ2v) is 4.29. The van der Waals surface area contributed by atoms with Gasteiger partial charge in [-0.15, -0.1) is 0 Å². The summed E-state index contributed by atoms with van der Waals surface area (Å²) in [4.78, 5) is 2.45. The molecule has 0 aliphatic heterocycles. The maximum absolute atomic E-state index is 12.9. The van der Waals surface area contributed by atoms with E-state index in [-0.39, 0.29) is 16.8 Å². The van der Waals surface area contributed by atoms with Crippen molar-refractivity contribution >= 4 is 0 Å². The van der Waals surface area contributed by atoms with Crippen LogP contribution in [-0.4, -0.2) is 4.98 Å². The first kappa shape index (κ1) is 14.5. The highest BCUT2D eigenvalue weighted by Crippen LogP contribution is 2.39. The molecule has 1 N–H and O–H groups in total. The molecule has 2 rings (SSSR count). The van der Waals surface area contributed by atoms with Gasteiger partial charge in [0.15, 0.2) is 0 Å². The Labute approximate surface area is 110 Å². The molecule has 0 aliphatic carbocycles. The molecular formula is C13H9F6N. The van der Waals surface area contributed by atoms with Crippen molar-refractivity contribution in [1.82, 2.24) is 4.98 Å². The van der Waals surface area contributed by atoms with Gasteiger partial charge in [0, 0.05) is 6.20 Å². The molecule has 1 aromatic heterocycles. The van der Waals surface area contributed by atoms with Gasteiger partial charge in [0.1, 0.15) is 0 Å². The van der Waals surface area contributed by atoms with Crippen LogP contribution in [0.1, 0.15) is 16.7 Å². The summed E-state index contributed by atoms with van der Waals surface area (Å²) in [6.45, 7) is 1.28. The predicted octanol–water partition coefficient (Wildman–Crippen LogP) is 5.03. The molecule has 0 amide bonds. The van der Waals surface area contributed by atoms with Crippen molar-refractivity contribution in [3.63, 3.8) is 0 Å². The molecule has 7 heteroatoms. The molecule has 0 saturated carbocycles. The summed E-state index contributed by atoms with van der Waals surface area (Å²) in [6.07, 6.45) is -7.91. The van der Waals surface area contributed by atoms with Crippen LogP contribution in [-0.2, 0) is 12.4 Å². The minimum Gasteiger partial charge on any atom is -0.360 e. The van der Waals surface area contributed by atoms with Crippen LogP contribution >= 0.6 is 0 Å². The lowest BCUT2D eigenvalue weighted by Gasteiger charge is -2.11. The zero-order chi connectivity index (χ0) is 15.1. The van der Waals surface area contributed by atoms with Crippen LogP contribution in [0.15, 0.2) is 30.5 Å². The third-order valence-electron chi connectivity index (χ3n) is 2.86. The number of H-pyrrole nitrogens is 1. The lowest BCUT2D eigenvalue weighted by molar-refractivity contribution is -0.138. The first-order valence-electron chi connectivity index (χ1n) is 5.53. The fraction of sp³-hybridized carbons (Fsp3) is 0.231. The molecule has 0 aliphatic rings. The van der Waals surface area contributed by atoms with Crippen LogP contribution in [0, 0.1) is 6.92 Å². The first-order chi connectivity index (χ1) is 9.10. The van der Waals surface area contributed by atoms with Gasteiger partial charge in [-0.25, -0.2) is 0 Å². The van der Waals surface area contributed by atoms with Gasteiger partial charge in [0.2, 0.25) is 0 Å². The van der Waals surface area contributed by atoms with Crippen LogP contribution in [0.4, 0.5) is 26.3 Å². The summed E-state index contributed by atoms with van der Waals surface area (Å²) < 4.78 is 75.9. The van der Waals surface area contributed by atoms with Crippen molar-refractivity contribution in [2.45, 2.75) is 19.3 Å². The first-order valence-corrected chi connectivity index (χ1v) is 5.53. The third-order valence-corrected chi connectivity index (χ3v) is 2.86. The Morgan fingerprint density at radius 1 is 0.850 bits per heavy atom. The van der Waals surface area contributed by atoms with Gasteiger partial charge in [-0.3, -0.25) is 0 Å². The zero-order valence-electron chi connectivity index (χ0n) is 10.2. The van der Waals surface area contributed by atoms with E-state index in [1.807, 2.05) is 0 Å². The Balaban J connectivity index is 2.48. The topological polar surface area (TPSA) is 15.8 Å². The van der Waals surface area contributed by atoms with E-state index in [2.05, 4.69) is 4.98 Å². The number of benzene rings is 1. The number of alkyl halides is 6. The Morgan fingerprint density at radius 2 is 1.40 bits per heavy atom. The molecule has 0 atom stereocenters. The second-order valence-electron chi connectivity index (χ2n) is 4.29. The third kappa shape index (κ3) is 2.66. The van der Waals surface area contributed by atoms with Crippen molar-refractivity contribution in [1.29, 1.82) is 0 Å². The smallest absolute Gasteiger partial charge is 0.360 e. The van der Waals surface area contributed by atoms with E-state index in [4.69, 9.17) is 0 Å². The number of hydrogen-bond donors (Lipinski definition) is 1. The SMILES string of the molecule is Cc1c[nH]c(-c2ccc(C(F)(F)F)cc2)c1C(F)(F)F. The van der Waals surface area contributed by atoms with Gasteiger partial charge in [-0.2, -0.15) is 26.3 Å². The second kappa shape index (κ2) is 4.57. The molecular weight excluding hydrogens is 284 g/mol. The fourth-order valence-corrected chi connectivity index (χ4v) is 1.94. The predicted molar refractivity (Wildman–Crippen MR) is 61.0 cm³/mol. The minimum absolute atomic E-state index is 0.00704. The Kier molecular flexibility index (Phi) is 3.31. The fourth-order valence-electron chi connectivity index (χ4n) is 1.94. The van der Waals surface area contributed by atoms with Crippen LogP contribution < -0.4 is 0 Å². The lowest BCUT2D eigenvalue weighted by atomic mass is 10.0. The molecule has 0 bridgehead atoms. The molecule has 108 valence electrons. The van der Waals surface area contributed by atoms with Crippen LogP contribution in [0.25, 0.3) is 11.3 Å². The highest BCUT2D eigenvalue weighted by Gasteiger charge is 2.37. The number of halogens is 6. The van der Waals surface area contributed by atoms with Crippen molar-refractivity contribution in [2.75, 3.05) is 0 Å². The molecule has 0 radical (unpaired) electrons. The average Bonchev–Trinajstić information content (AvgIpc) is 2.70. The van der Waals surface area contributed by atoms with Gasteiger partial charge in [0.25, 0.3) is 0 Å². The summed E-state index contributed by atoms with van der Waals surface area (Å²) in [5, 5.41) is 0. The quantitative estimate of drug-likeness (QED) is 0.710. The highest BCUT2D eigenvalue weighted by molar-refractivity contribution is 5.66. The zero-order valence-corrected chi connectivity index (χ0v) is 10.2. The summed E-state index contributed by atoms with van der Waals surface area (Å²) in [5.74, 6) is 0. The van der Waals surface area contributed by atoms with Crippen LogP contribution in [0.3, 0.4) is 0 Å². The van der Waals surface area contributed by atoms with Crippen LogP contribution in [0.5, 0.6) is 0 Å². The molecule has 0 fully saturated rings. The summed E-state index contributed by atoms with van der Waals surface area (Å²) in [6, 6.07) is 3.55. The molecule has 1 nitrogen and oxygen atoms in total. The van der Waals surface area contributed by atoms with E-state index in [1.54, 1.807) is 0 Å². The number of nitrogens with one attached hydrogen (secondary N) is 1. The van der Waals surface area contributed by atoms with E-state index < -0.39 is 23.5 Å². The number of hydrogen-bond acceptors (Lipinski definition) is 0. The van der Waals surface area contributed by atoms with E-state index in [1.165, 1.54) is 13.1 Å². The van der Waals surface area contributed by atoms with E-state index in [0.717, 1.165) is 24.3 Å². The summed E-state index contributed by atoms with van der Waals surface area (Å²) >= 11 is 0. The standard InChI is InChI=1S/C13H9F6N/c1-7-6-20-11(10(7)13(17,18)19)8-2-4-9(5-3-8)12(14,15)16/h2-6,20H,1H3. The average molecular weight is 293 g/mol. The molecule has 0 spiro atoms. The van der Waals surface area contributed by atoms with E-state index in [0.29, 0.717) is 0 Å². The van der Waals surface area contributed by atoms with Gasteiger partial charge >= 0.3 is 12.4 Å². The molecule has 2 aromatic rings. The number of rotatable bonds is 1. The highest BCUT2D eigenvalue weighted by atomic mass is 19.4. The maximum Gasteiger partial charge on any atom is 0.418 e. The monoisotopic (exact) mass is 293 g/mol.